The van der Waals surface area contributed by atoms with Gasteiger partial charge in [-0.3, -0.25) is 0 Å². The average molecular weight is 190 g/mol. The van der Waals surface area contributed by atoms with Crippen molar-refractivity contribution < 1.29 is 0 Å². The van der Waals surface area contributed by atoms with Gasteiger partial charge in [-0.1, -0.05) is 24.8 Å². The Bertz CT molecular complexity index is 364. The zero-order chi connectivity index (χ0) is 10.4. The number of allylic oxidation sites excluding steroid dienone is 4. The summed E-state index contributed by atoms with van der Waals surface area (Å²) in [4.78, 5) is 0. The van der Waals surface area contributed by atoms with Gasteiger partial charge in [0.05, 0.1) is 5.70 Å². The number of hydrogen-bond acceptors (Lipinski definition) is 6. The first kappa shape index (κ1) is 9.85. The Balaban J connectivity index is 2.83. The van der Waals surface area contributed by atoms with Crippen molar-refractivity contribution in [2.75, 3.05) is 5.73 Å². The molecule has 0 aliphatic heterocycles. The first-order valence-corrected chi connectivity index (χ1v) is 3.82. The standard InChI is InChI=1S/C8H10N6/c1-2-3-4-5-6(9)7-11-13-8(10)14-12-7/h2-5H,1,9H2,(H2,10,13,14)/b4-3-,6-5-. The molecule has 1 aromatic rings. The summed E-state index contributed by atoms with van der Waals surface area (Å²) >= 11 is 0. The van der Waals surface area contributed by atoms with Gasteiger partial charge in [-0.2, -0.15) is 0 Å². The molecule has 0 aliphatic carbocycles. The number of nitrogens with zero attached hydrogens (tertiary/aromatic N) is 4. The predicted molar refractivity (Wildman–Crippen MR) is 53.5 cm³/mol. The zero-order valence-corrected chi connectivity index (χ0v) is 7.46. The van der Waals surface area contributed by atoms with Gasteiger partial charge in [-0.15, -0.1) is 20.4 Å². The molecule has 1 heterocycles. The fraction of sp³-hybridized carbons (Fsp3) is 0. The molecule has 0 bridgehead atoms. The molecule has 0 saturated carbocycles. The summed E-state index contributed by atoms with van der Waals surface area (Å²) in [6.07, 6.45) is 6.69. The van der Waals surface area contributed by atoms with Crippen molar-refractivity contribution in [1.82, 2.24) is 20.4 Å². The molecule has 0 unspecified atom stereocenters. The predicted octanol–water partition coefficient (Wildman–Crippen LogP) is -0.109. The summed E-state index contributed by atoms with van der Waals surface area (Å²) in [7, 11) is 0. The Morgan fingerprint density at radius 3 is 2.36 bits per heavy atom. The Labute approximate surface area is 81.0 Å². The molecule has 0 aromatic carbocycles. The normalized spacial score (nSPS) is 11.9. The van der Waals surface area contributed by atoms with Crippen LogP contribution in [0.3, 0.4) is 0 Å². The molecule has 0 aliphatic rings. The summed E-state index contributed by atoms with van der Waals surface area (Å²) in [6.45, 7) is 3.51. The summed E-state index contributed by atoms with van der Waals surface area (Å²) < 4.78 is 0. The monoisotopic (exact) mass is 190 g/mol. The van der Waals surface area contributed by atoms with Crippen LogP contribution in [0.1, 0.15) is 5.82 Å². The van der Waals surface area contributed by atoms with Crippen LogP contribution in [0, 0.1) is 0 Å². The molecule has 0 radical (unpaired) electrons. The number of rotatable bonds is 3. The van der Waals surface area contributed by atoms with E-state index in [-0.39, 0.29) is 11.8 Å². The molecule has 0 fully saturated rings. The summed E-state index contributed by atoms with van der Waals surface area (Å²) in [5, 5.41) is 14.3. The summed E-state index contributed by atoms with van der Waals surface area (Å²) in [5.74, 6) is 0.260. The first-order chi connectivity index (χ1) is 6.74. The van der Waals surface area contributed by atoms with E-state index in [4.69, 9.17) is 11.5 Å². The molecule has 0 spiro atoms. The molecule has 1 rings (SSSR count). The number of nitrogen functional groups attached to an aromatic ring is 1. The second kappa shape index (κ2) is 4.70. The molecule has 0 atom stereocenters. The van der Waals surface area contributed by atoms with E-state index in [1.165, 1.54) is 0 Å². The minimum absolute atomic E-state index is 0.0168. The second-order valence-electron chi connectivity index (χ2n) is 2.32. The van der Waals surface area contributed by atoms with E-state index in [1.54, 1.807) is 24.3 Å². The number of nitrogens with two attached hydrogens (primary N) is 2. The van der Waals surface area contributed by atoms with Crippen LogP contribution in [0.15, 0.2) is 30.9 Å². The van der Waals surface area contributed by atoms with Crippen LogP contribution in [-0.2, 0) is 0 Å². The van der Waals surface area contributed by atoms with E-state index < -0.39 is 0 Å². The lowest BCUT2D eigenvalue weighted by Crippen LogP contribution is -2.08. The van der Waals surface area contributed by atoms with Crippen molar-refractivity contribution in [3.63, 3.8) is 0 Å². The number of aromatic nitrogens is 4. The lowest BCUT2D eigenvalue weighted by atomic mass is 10.3. The molecular formula is C8H10N6. The van der Waals surface area contributed by atoms with Crippen molar-refractivity contribution in [2.24, 2.45) is 5.73 Å². The zero-order valence-electron chi connectivity index (χ0n) is 7.46. The van der Waals surface area contributed by atoms with Crippen molar-refractivity contribution in [2.45, 2.75) is 0 Å². The van der Waals surface area contributed by atoms with E-state index in [0.29, 0.717) is 5.70 Å². The SMILES string of the molecule is C=C/C=C\C=C(/N)c1nnc(N)nn1. The van der Waals surface area contributed by atoms with E-state index in [2.05, 4.69) is 27.0 Å². The van der Waals surface area contributed by atoms with Gasteiger partial charge in [0.15, 0.2) is 0 Å². The molecule has 0 amide bonds. The van der Waals surface area contributed by atoms with E-state index >= 15 is 0 Å². The second-order valence-corrected chi connectivity index (χ2v) is 2.32. The van der Waals surface area contributed by atoms with Crippen LogP contribution in [0.2, 0.25) is 0 Å². The Morgan fingerprint density at radius 2 is 1.79 bits per heavy atom. The molecular weight excluding hydrogens is 180 g/mol. The third-order valence-electron chi connectivity index (χ3n) is 1.28. The highest BCUT2D eigenvalue weighted by Crippen LogP contribution is 1.99. The minimum Gasteiger partial charge on any atom is -0.396 e. The van der Waals surface area contributed by atoms with Gasteiger partial charge in [-0.05, 0) is 6.08 Å². The fourth-order valence-electron chi connectivity index (χ4n) is 0.665. The average Bonchev–Trinajstić information content (AvgIpc) is 2.19. The molecule has 72 valence electrons. The van der Waals surface area contributed by atoms with Gasteiger partial charge in [0.25, 0.3) is 5.95 Å². The van der Waals surface area contributed by atoms with Crippen molar-refractivity contribution >= 4 is 11.6 Å². The lowest BCUT2D eigenvalue weighted by Gasteiger charge is -1.95. The topological polar surface area (TPSA) is 104 Å². The number of anilines is 1. The van der Waals surface area contributed by atoms with Crippen LogP contribution >= 0.6 is 0 Å². The van der Waals surface area contributed by atoms with Crippen molar-refractivity contribution in [3.05, 3.63) is 36.7 Å². The first-order valence-electron chi connectivity index (χ1n) is 3.82. The van der Waals surface area contributed by atoms with Crippen LogP contribution in [-0.4, -0.2) is 20.4 Å². The van der Waals surface area contributed by atoms with Gasteiger partial charge >= 0.3 is 0 Å². The Morgan fingerprint density at radius 1 is 1.14 bits per heavy atom. The van der Waals surface area contributed by atoms with Crippen molar-refractivity contribution in [1.29, 1.82) is 0 Å². The molecule has 6 heteroatoms. The van der Waals surface area contributed by atoms with Gasteiger partial charge < -0.3 is 11.5 Å². The highest BCUT2D eigenvalue weighted by molar-refractivity contribution is 5.57. The van der Waals surface area contributed by atoms with Crippen LogP contribution in [0.25, 0.3) is 5.70 Å². The summed E-state index contributed by atoms with van der Waals surface area (Å²) in [6, 6.07) is 0. The fourth-order valence-corrected chi connectivity index (χ4v) is 0.665. The van der Waals surface area contributed by atoms with Gasteiger partial charge in [0.1, 0.15) is 0 Å². The Kier molecular flexibility index (Phi) is 3.31. The van der Waals surface area contributed by atoms with Crippen LogP contribution in [0.5, 0.6) is 0 Å². The quantitative estimate of drug-likeness (QED) is 0.644. The third kappa shape index (κ3) is 2.67. The minimum atomic E-state index is 0.0168. The largest absolute Gasteiger partial charge is 0.396 e. The molecule has 4 N–H and O–H groups in total. The molecule has 1 aromatic heterocycles. The molecule has 14 heavy (non-hydrogen) atoms. The molecule has 6 nitrogen and oxygen atoms in total. The highest BCUT2D eigenvalue weighted by Gasteiger charge is 2.00. The maximum absolute atomic E-state index is 5.62. The van der Waals surface area contributed by atoms with E-state index in [9.17, 15) is 0 Å². The van der Waals surface area contributed by atoms with Crippen LogP contribution < -0.4 is 11.5 Å². The maximum atomic E-state index is 5.62. The van der Waals surface area contributed by atoms with E-state index in [0.717, 1.165) is 0 Å². The lowest BCUT2D eigenvalue weighted by molar-refractivity contribution is 0.846. The van der Waals surface area contributed by atoms with Gasteiger partial charge in [0.2, 0.25) is 5.82 Å². The maximum Gasteiger partial charge on any atom is 0.259 e. The van der Waals surface area contributed by atoms with Gasteiger partial charge in [-0.25, -0.2) is 0 Å². The summed E-state index contributed by atoms with van der Waals surface area (Å²) in [5.41, 5.74) is 11.2. The van der Waals surface area contributed by atoms with Crippen molar-refractivity contribution in [3.8, 4) is 0 Å². The van der Waals surface area contributed by atoms with E-state index in [1.807, 2.05) is 0 Å². The molecule has 0 saturated heterocycles. The third-order valence-corrected chi connectivity index (χ3v) is 1.28. The van der Waals surface area contributed by atoms with Gasteiger partial charge in [0, 0.05) is 0 Å². The number of hydrogen-bond donors (Lipinski definition) is 2. The Hall–Kier alpha value is -2.24. The smallest absolute Gasteiger partial charge is 0.259 e. The van der Waals surface area contributed by atoms with Crippen LogP contribution in [0.4, 0.5) is 5.95 Å². The highest BCUT2D eigenvalue weighted by atomic mass is 15.3.